The smallest absolute Gasteiger partial charge is 0.339 e. The highest BCUT2D eigenvalue weighted by molar-refractivity contribution is 5.85. The van der Waals surface area contributed by atoms with Crippen LogP contribution < -0.4 is 15.1 Å². The number of aliphatic hydroxyl groups is 1. The summed E-state index contributed by atoms with van der Waals surface area (Å²) in [4.78, 5) is 12.1. The number of rotatable bonds is 4. The number of fused-ring (bicyclic) bond motifs is 3. The summed E-state index contributed by atoms with van der Waals surface area (Å²) in [5.74, 6) is 1.05. The Balaban J connectivity index is 2.21. The third-order valence-corrected chi connectivity index (χ3v) is 3.86. The standard InChI is InChI=1S/C16H18O5/c1-19-14-9-13-12(8-15(14)20-7-6-17)10-4-2-3-5-11(10)16(18)21-13/h8-9,17H,2-7H2,1H3. The topological polar surface area (TPSA) is 68.9 Å². The van der Waals surface area contributed by atoms with E-state index in [9.17, 15) is 4.79 Å². The molecule has 0 spiro atoms. The number of aliphatic hydroxyl groups excluding tert-OH is 1. The van der Waals surface area contributed by atoms with E-state index in [1.54, 1.807) is 6.07 Å². The Morgan fingerprint density at radius 2 is 1.95 bits per heavy atom. The van der Waals surface area contributed by atoms with Crippen LogP contribution >= 0.6 is 0 Å². The highest BCUT2D eigenvalue weighted by atomic mass is 16.5. The Morgan fingerprint density at radius 3 is 2.67 bits per heavy atom. The number of benzene rings is 1. The summed E-state index contributed by atoms with van der Waals surface area (Å²) in [5.41, 5.74) is 2.12. The summed E-state index contributed by atoms with van der Waals surface area (Å²) in [5, 5.41) is 9.81. The predicted octanol–water partition coefficient (Wildman–Crippen LogP) is 2.05. The van der Waals surface area contributed by atoms with Crippen molar-refractivity contribution >= 4 is 11.0 Å². The second kappa shape index (κ2) is 5.77. The summed E-state index contributed by atoms with van der Waals surface area (Å²) < 4.78 is 16.2. The maximum atomic E-state index is 12.1. The van der Waals surface area contributed by atoms with E-state index in [0.29, 0.717) is 17.1 Å². The van der Waals surface area contributed by atoms with Gasteiger partial charge in [0.1, 0.15) is 12.2 Å². The molecule has 5 nitrogen and oxygen atoms in total. The van der Waals surface area contributed by atoms with Gasteiger partial charge < -0.3 is 19.0 Å². The van der Waals surface area contributed by atoms with Crippen molar-refractivity contribution in [2.75, 3.05) is 20.3 Å². The van der Waals surface area contributed by atoms with E-state index in [1.807, 2.05) is 6.07 Å². The lowest BCUT2D eigenvalue weighted by Gasteiger charge is -2.17. The molecule has 1 aliphatic rings. The van der Waals surface area contributed by atoms with Crippen molar-refractivity contribution in [1.29, 1.82) is 0 Å². The molecule has 0 atom stereocenters. The summed E-state index contributed by atoms with van der Waals surface area (Å²) in [6, 6.07) is 3.52. The second-order valence-electron chi connectivity index (χ2n) is 5.13. The van der Waals surface area contributed by atoms with E-state index in [4.69, 9.17) is 19.0 Å². The molecule has 0 unspecified atom stereocenters. The summed E-state index contributed by atoms with van der Waals surface area (Å²) in [7, 11) is 1.53. The van der Waals surface area contributed by atoms with E-state index in [2.05, 4.69) is 0 Å². The number of hydrogen-bond acceptors (Lipinski definition) is 5. The Labute approximate surface area is 122 Å². The van der Waals surface area contributed by atoms with Crippen LogP contribution in [0.1, 0.15) is 24.0 Å². The minimum atomic E-state index is -0.247. The number of aryl methyl sites for hydroxylation is 1. The molecule has 0 saturated heterocycles. The fourth-order valence-electron chi connectivity index (χ4n) is 2.88. The van der Waals surface area contributed by atoms with E-state index in [0.717, 1.165) is 42.2 Å². The molecule has 1 N–H and O–H groups in total. The molecule has 0 bridgehead atoms. The third kappa shape index (κ3) is 2.49. The van der Waals surface area contributed by atoms with Crippen LogP contribution in [0.3, 0.4) is 0 Å². The molecule has 0 amide bonds. The van der Waals surface area contributed by atoms with Crippen LogP contribution in [0.15, 0.2) is 21.3 Å². The molecule has 1 heterocycles. The lowest BCUT2D eigenvalue weighted by molar-refractivity contribution is 0.196. The van der Waals surface area contributed by atoms with Gasteiger partial charge in [-0.05, 0) is 37.3 Å². The Bertz CT molecular complexity index is 717. The van der Waals surface area contributed by atoms with Crippen LogP contribution in [0.25, 0.3) is 11.0 Å². The van der Waals surface area contributed by atoms with Crippen LogP contribution in [0, 0.1) is 0 Å². The number of ether oxygens (including phenoxy) is 2. The van der Waals surface area contributed by atoms with Gasteiger partial charge in [-0.1, -0.05) is 0 Å². The van der Waals surface area contributed by atoms with Gasteiger partial charge in [0, 0.05) is 17.0 Å². The summed E-state index contributed by atoms with van der Waals surface area (Å²) >= 11 is 0. The van der Waals surface area contributed by atoms with Crippen molar-refractivity contribution in [3.8, 4) is 11.5 Å². The summed E-state index contributed by atoms with van der Waals surface area (Å²) in [6.45, 7) is 0.129. The number of hydrogen-bond donors (Lipinski definition) is 1. The zero-order chi connectivity index (χ0) is 14.8. The SMILES string of the molecule is COc1cc2oc(=O)c3c(c2cc1OCCO)CCCC3. The van der Waals surface area contributed by atoms with Crippen LogP contribution in [-0.4, -0.2) is 25.4 Å². The molecule has 1 aromatic carbocycles. The van der Waals surface area contributed by atoms with Crippen molar-refractivity contribution in [3.05, 3.63) is 33.7 Å². The number of methoxy groups -OCH3 is 1. The highest BCUT2D eigenvalue weighted by Gasteiger charge is 2.20. The molecular weight excluding hydrogens is 272 g/mol. The molecule has 0 aliphatic heterocycles. The molecule has 1 aliphatic carbocycles. The average molecular weight is 290 g/mol. The Kier molecular flexibility index (Phi) is 3.84. The molecule has 0 fully saturated rings. The zero-order valence-electron chi connectivity index (χ0n) is 12.0. The van der Waals surface area contributed by atoms with Crippen LogP contribution in [0.2, 0.25) is 0 Å². The van der Waals surface area contributed by atoms with Crippen LogP contribution in [-0.2, 0) is 12.8 Å². The minimum absolute atomic E-state index is 0.0663. The molecule has 1 aromatic heterocycles. The van der Waals surface area contributed by atoms with Gasteiger partial charge in [0.05, 0.1) is 13.7 Å². The van der Waals surface area contributed by atoms with Gasteiger partial charge in [-0.25, -0.2) is 4.79 Å². The zero-order valence-corrected chi connectivity index (χ0v) is 12.0. The maximum absolute atomic E-state index is 12.1. The first-order valence-electron chi connectivity index (χ1n) is 7.15. The van der Waals surface area contributed by atoms with Gasteiger partial charge in [0.2, 0.25) is 0 Å². The monoisotopic (exact) mass is 290 g/mol. The van der Waals surface area contributed by atoms with E-state index in [1.165, 1.54) is 7.11 Å². The van der Waals surface area contributed by atoms with Gasteiger partial charge in [0.15, 0.2) is 11.5 Å². The van der Waals surface area contributed by atoms with E-state index >= 15 is 0 Å². The van der Waals surface area contributed by atoms with Crippen LogP contribution in [0.4, 0.5) is 0 Å². The molecular formula is C16H18O5. The van der Waals surface area contributed by atoms with Crippen molar-refractivity contribution in [1.82, 2.24) is 0 Å². The molecule has 0 radical (unpaired) electrons. The first-order valence-corrected chi connectivity index (χ1v) is 7.15. The van der Waals surface area contributed by atoms with Gasteiger partial charge in [-0.15, -0.1) is 0 Å². The fraction of sp³-hybridized carbons (Fsp3) is 0.438. The first kappa shape index (κ1) is 13.9. The highest BCUT2D eigenvalue weighted by Crippen LogP contribution is 2.35. The van der Waals surface area contributed by atoms with E-state index < -0.39 is 0 Å². The molecule has 5 heteroatoms. The van der Waals surface area contributed by atoms with Gasteiger partial charge in [-0.3, -0.25) is 0 Å². The van der Waals surface area contributed by atoms with Crippen molar-refractivity contribution in [3.63, 3.8) is 0 Å². The van der Waals surface area contributed by atoms with Gasteiger partial charge in [0.25, 0.3) is 0 Å². The summed E-state index contributed by atoms with van der Waals surface area (Å²) in [6.07, 6.45) is 3.74. The first-order chi connectivity index (χ1) is 10.2. The Hall–Kier alpha value is -2.01. The molecule has 0 saturated carbocycles. The lowest BCUT2D eigenvalue weighted by atomic mass is 9.90. The molecule has 2 aromatic rings. The quantitative estimate of drug-likeness (QED) is 0.873. The molecule has 112 valence electrons. The largest absolute Gasteiger partial charge is 0.493 e. The Morgan fingerprint density at radius 1 is 1.19 bits per heavy atom. The predicted molar refractivity (Wildman–Crippen MR) is 78.3 cm³/mol. The molecule has 3 rings (SSSR count). The van der Waals surface area contributed by atoms with Gasteiger partial charge >= 0.3 is 5.63 Å². The third-order valence-electron chi connectivity index (χ3n) is 3.86. The van der Waals surface area contributed by atoms with Crippen molar-refractivity contribution in [2.45, 2.75) is 25.7 Å². The molecule has 21 heavy (non-hydrogen) atoms. The fourth-order valence-corrected chi connectivity index (χ4v) is 2.88. The second-order valence-corrected chi connectivity index (χ2v) is 5.13. The maximum Gasteiger partial charge on any atom is 0.339 e. The van der Waals surface area contributed by atoms with Crippen LogP contribution in [0.5, 0.6) is 11.5 Å². The van der Waals surface area contributed by atoms with Crippen molar-refractivity contribution < 1.29 is 19.0 Å². The average Bonchev–Trinajstić information content (AvgIpc) is 2.52. The normalized spacial score (nSPS) is 14.0. The minimum Gasteiger partial charge on any atom is -0.493 e. The lowest BCUT2D eigenvalue weighted by Crippen LogP contribution is -2.16. The van der Waals surface area contributed by atoms with E-state index in [-0.39, 0.29) is 18.8 Å². The van der Waals surface area contributed by atoms with Gasteiger partial charge in [-0.2, -0.15) is 0 Å². The van der Waals surface area contributed by atoms with Crippen molar-refractivity contribution in [2.24, 2.45) is 0 Å².